The van der Waals surface area contributed by atoms with Crippen LogP contribution < -0.4 is 10.6 Å². The zero-order valence-corrected chi connectivity index (χ0v) is 17.1. The number of benzene rings is 2. The Morgan fingerprint density at radius 2 is 2.00 bits per heavy atom. The second-order valence-electron chi connectivity index (χ2n) is 6.50. The molecule has 8 heteroatoms. The molecule has 146 valence electrons. The molecule has 0 aliphatic carbocycles. The molecule has 0 bridgehead atoms. The van der Waals surface area contributed by atoms with Crippen molar-refractivity contribution in [1.29, 1.82) is 0 Å². The van der Waals surface area contributed by atoms with Crippen LogP contribution in [0.1, 0.15) is 15.9 Å². The molecule has 0 radical (unpaired) electrons. The molecule has 2 aromatic heterocycles. The summed E-state index contributed by atoms with van der Waals surface area (Å²) in [7, 11) is 1.71. The number of nitrogens with zero attached hydrogens (tertiary/aromatic N) is 3. The van der Waals surface area contributed by atoms with Crippen LogP contribution in [-0.2, 0) is 13.6 Å². The minimum Gasteiger partial charge on any atom is -0.380 e. The zero-order chi connectivity index (χ0) is 20.4. The zero-order valence-electron chi connectivity index (χ0n) is 15.5. The van der Waals surface area contributed by atoms with E-state index in [1.807, 2.05) is 24.3 Å². The Kier molecular flexibility index (Phi) is 5.26. The lowest BCUT2D eigenvalue weighted by molar-refractivity contribution is 0.102. The molecule has 0 fully saturated rings. The van der Waals surface area contributed by atoms with Crippen molar-refractivity contribution in [3.8, 4) is 0 Å². The Hall–Kier alpha value is -3.26. The van der Waals surface area contributed by atoms with Crippen molar-refractivity contribution in [2.45, 2.75) is 6.54 Å². The highest BCUT2D eigenvalue weighted by atomic mass is 79.9. The molecule has 1 amide bonds. The van der Waals surface area contributed by atoms with Gasteiger partial charge >= 0.3 is 0 Å². The summed E-state index contributed by atoms with van der Waals surface area (Å²) in [6.07, 6.45) is 3.30. The van der Waals surface area contributed by atoms with Gasteiger partial charge in [-0.1, -0.05) is 12.1 Å². The molecule has 0 atom stereocenters. The molecule has 2 N–H and O–H groups in total. The van der Waals surface area contributed by atoms with Crippen LogP contribution in [-0.4, -0.2) is 20.7 Å². The van der Waals surface area contributed by atoms with E-state index in [1.165, 1.54) is 16.8 Å². The van der Waals surface area contributed by atoms with Crippen LogP contribution in [0.25, 0.3) is 10.9 Å². The molecule has 6 nitrogen and oxygen atoms in total. The summed E-state index contributed by atoms with van der Waals surface area (Å²) in [6.45, 7) is 0.534. The highest BCUT2D eigenvalue weighted by Crippen LogP contribution is 2.26. The molecule has 2 heterocycles. The minimum absolute atomic E-state index is 0.303. The fraction of sp³-hybridized carbons (Fsp3) is 0.0952. The summed E-state index contributed by atoms with van der Waals surface area (Å²) in [4.78, 5) is 17.0. The minimum atomic E-state index is -0.378. The average Bonchev–Trinajstić information content (AvgIpc) is 3.11. The quantitative estimate of drug-likeness (QED) is 0.428. The molecule has 29 heavy (non-hydrogen) atoms. The Morgan fingerprint density at radius 1 is 1.17 bits per heavy atom. The number of anilines is 2. The normalized spacial score (nSPS) is 10.9. The van der Waals surface area contributed by atoms with Gasteiger partial charge in [-0.05, 0) is 57.9 Å². The molecule has 0 spiro atoms. The largest absolute Gasteiger partial charge is 0.380 e. The highest BCUT2D eigenvalue weighted by Gasteiger charge is 2.15. The smallest absolute Gasteiger partial charge is 0.257 e. The number of pyridine rings is 1. The second kappa shape index (κ2) is 8.00. The fourth-order valence-electron chi connectivity index (χ4n) is 3.06. The van der Waals surface area contributed by atoms with E-state index in [9.17, 15) is 9.18 Å². The first-order valence-electron chi connectivity index (χ1n) is 8.88. The number of rotatable bonds is 5. The van der Waals surface area contributed by atoms with Gasteiger partial charge in [0.25, 0.3) is 5.91 Å². The van der Waals surface area contributed by atoms with Gasteiger partial charge in [0.05, 0.1) is 16.6 Å². The van der Waals surface area contributed by atoms with E-state index in [4.69, 9.17) is 0 Å². The Balaban J connectivity index is 1.58. The predicted octanol–water partition coefficient (Wildman–Crippen LogP) is 4.73. The van der Waals surface area contributed by atoms with Gasteiger partial charge < -0.3 is 10.6 Å². The topological polar surface area (TPSA) is 71.8 Å². The van der Waals surface area contributed by atoms with Gasteiger partial charge in [-0.2, -0.15) is 5.10 Å². The van der Waals surface area contributed by atoms with Crippen LogP contribution in [0.15, 0.2) is 65.5 Å². The van der Waals surface area contributed by atoms with Crippen LogP contribution in [0, 0.1) is 5.82 Å². The molecule has 4 rings (SSSR count). The lowest BCUT2D eigenvalue weighted by Gasteiger charge is -2.13. The van der Waals surface area contributed by atoms with Crippen LogP contribution in [0.4, 0.5) is 15.8 Å². The monoisotopic (exact) mass is 453 g/mol. The molecule has 0 saturated carbocycles. The van der Waals surface area contributed by atoms with Gasteiger partial charge in [0.15, 0.2) is 0 Å². The molecule has 0 aliphatic rings. The lowest BCUT2D eigenvalue weighted by atomic mass is 10.1. The van der Waals surface area contributed by atoms with Gasteiger partial charge in [-0.15, -0.1) is 0 Å². The molecule has 0 aliphatic heterocycles. The summed E-state index contributed by atoms with van der Waals surface area (Å²) >= 11 is 3.35. The number of fused-ring (bicyclic) bond motifs is 1. The van der Waals surface area contributed by atoms with Crippen LogP contribution in [0.3, 0.4) is 0 Å². The Morgan fingerprint density at radius 3 is 2.83 bits per heavy atom. The summed E-state index contributed by atoms with van der Waals surface area (Å²) in [5.41, 5.74) is 3.06. The molecular weight excluding hydrogens is 437 g/mol. The first kappa shape index (κ1) is 19.1. The van der Waals surface area contributed by atoms with Crippen molar-refractivity contribution in [2.24, 2.45) is 7.05 Å². The third-order valence-corrected chi connectivity index (χ3v) is 4.87. The van der Waals surface area contributed by atoms with Gasteiger partial charge in [0.2, 0.25) is 0 Å². The number of nitrogens with one attached hydrogen (secondary N) is 2. The van der Waals surface area contributed by atoms with E-state index in [1.54, 1.807) is 31.6 Å². The van der Waals surface area contributed by atoms with Gasteiger partial charge in [0.1, 0.15) is 15.9 Å². The number of carbonyl (C=O) groups excluding carboxylic acids is 1. The summed E-state index contributed by atoms with van der Waals surface area (Å²) in [5.74, 6) is -0.681. The first-order valence-corrected chi connectivity index (χ1v) is 9.67. The van der Waals surface area contributed by atoms with Crippen molar-refractivity contribution in [1.82, 2.24) is 14.8 Å². The molecular formula is C21H17BrFN5O. The van der Waals surface area contributed by atoms with Crippen molar-refractivity contribution in [3.05, 3.63) is 82.5 Å². The van der Waals surface area contributed by atoms with Gasteiger partial charge in [-0.25, -0.2) is 9.37 Å². The van der Waals surface area contributed by atoms with E-state index in [2.05, 4.69) is 36.6 Å². The maximum absolute atomic E-state index is 14.0. The van der Waals surface area contributed by atoms with Gasteiger partial charge in [-0.3, -0.25) is 9.48 Å². The number of hydrogen-bond acceptors (Lipinski definition) is 4. The van der Waals surface area contributed by atoms with Crippen LogP contribution in [0.2, 0.25) is 0 Å². The predicted molar refractivity (Wildman–Crippen MR) is 114 cm³/mol. The van der Waals surface area contributed by atoms with Crippen molar-refractivity contribution in [2.75, 3.05) is 10.6 Å². The third-order valence-electron chi connectivity index (χ3n) is 4.43. The maximum Gasteiger partial charge on any atom is 0.257 e. The standard InChI is InChI=1S/C21H17BrFN5O/c1-28-12-15-16(23)6-7-18(20(15)27-28)26-21(29)14-4-2-3-5-17(14)25-11-13-8-9-24-19(22)10-13/h2-10,12,25H,11H2,1H3,(H,26,29). The third kappa shape index (κ3) is 4.12. The van der Waals surface area contributed by atoms with E-state index in [-0.39, 0.29) is 11.7 Å². The maximum atomic E-state index is 14.0. The van der Waals surface area contributed by atoms with Gasteiger partial charge in [0, 0.05) is 31.7 Å². The average molecular weight is 454 g/mol. The SMILES string of the molecule is Cn1cc2c(F)ccc(NC(=O)c3ccccc3NCc3ccnc(Br)c3)c2n1. The van der Waals surface area contributed by atoms with Crippen molar-refractivity contribution >= 4 is 44.1 Å². The number of hydrogen-bond donors (Lipinski definition) is 2. The van der Waals surface area contributed by atoms with E-state index >= 15 is 0 Å². The molecule has 0 saturated heterocycles. The number of aromatic nitrogens is 3. The van der Waals surface area contributed by atoms with E-state index in [0.29, 0.717) is 34.4 Å². The van der Waals surface area contributed by atoms with E-state index < -0.39 is 0 Å². The van der Waals surface area contributed by atoms with E-state index in [0.717, 1.165) is 10.2 Å². The molecule has 2 aromatic carbocycles. The number of amides is 1. The number of para-hydroxylation sites is 1. The van der Waals surface area contributed by atoms with Crippen LogP contribution >= 0.6 is 15.9 Å². The van der Waals surface area contributed by atoms with Crippen molar-refractivity contribution < 1.29 is 9.18 Å². The Bertz CT molecular complexity index is 1210. The van der Waals surface area contributed by atoms with Crippen molar-refractivity contribution in [3.63, 3.8) is 0 Å². The second-order valence-corrected chi connectivity index (χ2v) is 7.31. The van der Waals surface area contributed by atoms with Crippen LogP contribution in [0.5, 0.6) is 0 Å². The Labute approximate surface area is 174 Å². The lowest BCUT2D eigenvalue weighted by Crippen LogP contribution is -2.15. The first-order chi connectivity index (χ1) is 14.0. The summed E-state index contributed by atoms with van der Waals surface area (Å²) in [6, 6.07) is 13.9. The summed E-state index contributed by atoms with van der Waals surface area (Å²) < 4.78 is 16.3. The molecule has 4 aromatic rings. The highest BCUT2D eigenvalue weighted by molar-refractivity contribution is 9.10. The fourth-order valence-corrected chi connectivity index (χ4v) is 3.48. The number of carbonyl (C=O) groups is 1. The molecule has 0 unspecified atom stereocenters. The summed E-state index contributed by atoms with van der Waals surface area (Å²) in [5, 5.41) is 10.8. The number of aryl methyl sites for hydroxylation is 1. The number of halogens is 2.